The number of benzene rings is 3. The van der Waals surface area contributed by atoms with Crippen molar-refractivity contribution in [3.63, 3.8) is 0 Å². The van der Waals surface area contributed by atoms with E-state index in [0.29, 0.717) is 52.0 Å². The third-order valence-corrected chi connectivity index (χ3v) is 10.6. The standard InChI is InChI=1S/C35H36Cl2F2N4O4S/c1-35(2,22-5-10-27(36)30(17-22)47-4)31-18-40-34(42(31)25-8-6-23(38)7-9-25)48-20-26-28(37)15-21(16-29(26)39)33(46)41-24-11-13-43(3,14-12-24)19-32(44)45/h5-10,15-18,24H,11-14,19-20H2,1-4H3,(H-,41,44,45,46). The van der Waals surface area contributed by atoms with Crippen LogP contribution in [0.5, 0.6) is 5.75 Å². The molecule has 1 fully saturated rings. The molecule has 48 heavy (non-hydrogen) atoms. The summed E-state index contributed by atoms with van der Waals surface area (Å²) in [6.45, 7) is 5.12. The first-order valence-corrected chi connectivity index (χ1v) is 17.1. The van der Waals surface area contributed by atoms with Crippen LogP contribution in [0, 0.1) is 11.6 Å². The average Bonchev–Trinajstić information content (AvgIpc) is 3.46. The largest absolute Gasteiger partial charge is 0.544 e. The summed E-state index contributed by atoms with van der Waals surface area (Å²) in [5.41, 5.74) is 2.06. The molecule has 1 aliphatic rings. The molecule has 13 heteroatoms. The van der Waals surface area contributed by atoms with Gasteiger partial charge >= 0.3 is 0 Å². The predicted octanol–water partition coefficient (Wildman–Crippen LogP) is 6.17. The van der Waals surface area contributed by atoms with E-state index >= 15 is 4.39 Å². The van der Waals surface area contributed by atoms with Crippen molar-refractivity contribution in [2.24, 2.45) is 0 Å². The molecule has 0 radical (unpaired) electrons. The Hall–Kier alpha value is -3.64. The van der Waals surface area contributed by atoms with E-state index in [1.54, 1.807) is 31.5 Å². The lowest BCUT2D eigenvalue weighted by Crippen LogP contribution is -2.57. The Bertz CT molecular complexity index is 1800. The van der Waals surface area contributed by atoms with Crippen LogP contribution in [0.25, 0.3) is 5.69 Å². The van der Waals surface area contributed by atoms with Gasteiger partial charge in [0.2, 0.25) is 0 Å². The molecule has 1 N–H and O–H groups in total. The molecule has 0 saturated carbocycles. The van der Waals surface area contributed by atoms with Crippen molar-refractivity contribution < 1.29 is 32.7 Å². The Morgan fingerprint density at radius 1 is 1.08 bits per heavy atom. The van der Waals surface area contributed by atoms with Crippen molar-refractivity contribution in [1.29, 1.82) is 0 Å². The number of hydrogen-bond acceptors (Lipinski definition) is 6. The van der Waals surface area contributed by atoms with Gasteiger partial charge in [-0.05, 0) is 54.1 Å². The van der Waals surface area contributed by atoms with Gasteiger partial charge in [0.15, 0.2) is 5.16 Å². The third kappa shape index (κ3) is 7.80. The van der Waals surface area contributed by atoms with Gasteiger partial charge in [0.25, 0.3) is 5.91 Å². The fourth-order valence-electron chi connectivity index (χ4n) is 6.00. The van der Waals surface area contributed by atoms with Crippen molar-refractivity contribution >= 4 is 46.8 Å². The molecule has 254 valence electrons. The van der Waals surface area contributed by atoms with E-state index in [1.807, 2.05) is 37.6 Å². The first kappa shape index (κ1) is 35.7. The highest BCUT2D eigenvalue weighted by Crippen LogP contribution is 2.40. The number of nitrogens with zero attached hydrogens (tertiary/aromatic N) is 3. The highest BCUT2D eigenvalue weighted by molar-refractivity contribution is 7.98. The number of likely N-dealkylation sites (tertiary alicyclic amines) is 1. The minimum atomic E-state index is -1.11. The number of carbonyl (C=O) groups excluding carboxylic acids is 2. The van der Waals surface area contributed by atoms with Crippen molar-refractivity contribution in [2.45, 2.75) is 49.1 Å². The number of likely N-dealkylation sites (N-methyl/N-ethyl adjacent to an activating group) is 1. The quantitative estimate of drug-likeness (QED) is 0.147. The number of halogens is 4. The minimum absolute atomic E-state index is 0.0816. The normalized spacial score (nSPS) is 18.0. The highest BCUT2D eigenvalue weighted by Gasteiger charge is 2.32. The second kappa shape index (κ2) is 14.5. The summed E-state index contributed by atoms with van der Waals surface area (Å²) < 4.78 is 37.2. The molecule has 5 rings (SSSR count). The number of rotatable bonds is 11. The maximum Gasteiger partial charge on any atom is 0.251 e. The number of aliphatic carboxylic acids is 1. The molecule has 0 unspecified atom stereocenters. The molecule has 1 aliphatic heterocycles. The molecule has 3 aromatic carbocycles. The maximum absolute atomic E-state index is 15.5. The summed E-state index contributed by atoms with van der Waals surface area (Å²) >= 11 is 14.1. The SMILES string of the molecule is COc1cc(C(C)(C)c2cnc(SCc3c(F)cc(C(=O)NC4CC[N+](C)(CC(=O)[O-])CC4)cc3Cl)n2-c2ccc(F)cc2)ccc1Cl. The second-order valence-corrected chi connectivity index (χ2v) is 14.5. The molecule has 8 nitrogen and oxygen atoms in total. The number of imidazole rings is 1. The van der Waals surface area contributed by atoms with E-state index in [2.05, 4.69) is 10.3 Å². The number of amides is 1. The summed E-state index contributed by atoms with van der Waals surface area (Å²) in [5.74, 6) is -1.93. The van der Waals surface area contributed by atoms with Crippen molar-refractivity contribution in [1.82, 2.24) is 14.9 Å². The minimum Gasteiger partial charge on any atom is -0.544 e. The van der Waals surface area contributed by atoms with Gasteiger partial charge in [-0.1, -0.05) is 54.9 Å². The number of carboxylic acids is 1. The van der Waals surface area contributed by atoms with E-state index in [1.165, 1.54) is 36.0 Å². The van der Waals surface area contributed by atoms with Gasteiger partial charge in [0.05, 0.1) is 50.1 Å². The van der Waals surface area contributed by atoms with E-state index in [0.717, 1.165) is 11.3 Å². The number of nitrogens with one attached hydrogen (secondary N) is 1. The van der Waals surface area contributed by atoms with Crippen LogP contribution >= 0.6 is 35.0 Å². The zero-order valence-corrected chi connectivity index (χ0v) is 29.3. The third-order valence-electron chi connectivity index (χ3n) is 8.96. The number of aromatic nitrogens is 2. The van der Waals surface area contributed by atoms with E-state index in [-0.39, 0.29) is 40.3 Å². The Morgan fingerprint density at radius 2 is 1.77 bits per heavy atom. The number of hydrogen-bond donors (Lipinski definition) is 1. The molecule has 1 aromatic heterocycles. The highest BCUT2D eigenvalue weighted by atomic mass is 35.5. The summed E-state index contributed by atoms with van der Waals surface area (Å²) in [5, 5.41) is 15.1. The maximum atomic E-state index is 15.5. The molecule has 2 heterocycles. The van der Waals surface area contributed by atoms with Crippen LogP contribution in [0.2, 0.25) is 10.0 Å². The van der Waals surface area contributed by atoms with Crippen LogP contribution in [-0.4, -0.2) is 65.7 Å². The number of ether oxygens (including phenoxy) is 1. The van der Waals surface area contributed by atoms with Crippen LogP contribution in [-0.2, 0) is 16.0 Å². The lowest BCUT2D eigenvalue weighted by atomic mass is 9.81. The fraction of sp³-hybridized carbons (Fsp3) is 0.343. The molecule has 1 amide bonds. The van der Waals surface area contributed by atoms with Gasteiger partial charge in [0, 0.05) is 51.9 Å². The summed E-state index contributed by atoms with van der Waals surface area (Å²) in [4.78, 5) is 28.8. The van der Waals surface area contributed by atoms with Gasteiger partial charge in [-0.25, -0.2) is 13.8 Å². The topological polar surface area (TPSA) is 96.3 Å². The van der Waals surface area contributed by atoms with Crippen LogP contribution in [0.15, 0.2) is 66.0 Å². The summed E-state index contributed by atoms with van der Waals surface area (Å²) in [6, 6.07) is 14.0. The smallest absolute Gasteiger partial charge is 0.251 e. The average molecular weight is 718 g/mol. The van der Waals surface area contributed by atoms with E-state index < -0.39 is 23.1 Å². The molecule has 4 aromatic rings. The monoisotopic (exact) mass is 716 g/mol. The lowest BCUT2D eigenvalue weighted by molar-refractivity contribution is -0.908. The van der Waals surface area contributed by atoms with Gasteiger partial charge in [-0.15, -0.1) is 0 Å². The molecule has 0 bridgehead atoms. The number of thioether (sulfide) groups is 1. The second-order valence-electron chi connectivity index (χ2n) is 12.8. The van der Waals surface area contributed by atoms with Crippen molar-refractivity contribution in [3.05, 3.63) is 105 Å². The Kier molecular flexibility index (Phi) is 10.7. The van der Waals surface area contributed by atoms with E-state index in [4.69, 9.17) is 27.9 Å². The van der Waals surface area contributed by atoms with Crippen molar-refractivity contribution in [2.75, 3.05) is 33.8 Å². The number of piperidine rings is 1. The summed E-state index contributed by atoms with van der Waals surface area (Å²) in [6.07, 6.45) is 2.92. The molecule has 1 saturated heterocycles. The zero-order valence-electron chi connectivity index (χ0n) is 27.0. The predicted molar refractivity (Wildman–Crippen MR) is 181 cm³/mol. The number of carbonyl (C=O) groups is 2. The number of carboxylic acid groups (broad SMARTS) is 1. The first-order valence-electron chi connectivity index (χ1n) is 15.3. The van der Waals surface area contributed by atoms with Gasteiger partial charge in [0.1, 0.15) is 23.9 Å². The Morgan fingerprint density at radius 3 is 2.40 bits per heavy atom. The van der Waals surface area contributed by atoms with Gasteiger partial charge in [-0.3, -0.25) is 9.36 Å². The van der Waals surface area contributed by atoms with Crippen LogP contribution in [0.3, 0.4) is 0 Å². The molecular weight excluding hydrogens is 681 g/mol. The lowest BCUT2D eigenvalue weighted by Gasteiger charge is -2.40. The molecule has 0 aliphatic carbocycles. The van der Waals surface area contributed by atoms with Gasteiger partial charge in [-0.2, -0.15) is 0 Å². The first-order chi connectivity index (χ1) is 22.7. The fourth-order valence-corrected chi connectivity index (χ4v) is 7.57. The van der Waals surface area contributed by atoms with Crippen LogP contribution in [0.1, 0.15) is 53.9 Å². The Balaban J connectivity index is 1.36. The molecule has 0 spiro atoms. The Labute approximate surface area is 292 Å². The number of methoxy groups -OCH3 is 1. The summed E-state index contributed by atoms with van der Waals surface area (Å²) in [7, 11) is 3.40. The van der Waals surface area contributed by atoms with Crippen molar-refractivity contribution in [3.8, 4) is 11.4 Å². The number of quaternary nitrogens is 1. The molecular formula is C35H36Cl2F2N4O4S. The molecule has 0 atom stereocenters. The zero-order chi connectivity index (χ0) is 34.8. The van der Waals surface area contributed by atoms with Gasteiger partial charge < -0.3 is 24.4 Å². The van der Waals surface area contributed by atoms with E-state index in [9.17, 15) is 19.1 Å². The van der Waals surface area contributed by atoms with Crippen LogP contribution < -0.4 is 15.2 Å². The van der Waals surface area contributed by atoms with Crippen LogP contribution in [0.4, 0.5) is 8.78 Å².